The molecule has 3 aromatic rings. The normalized spacial score (nSPS) is 10.3. The Kier molecular flexibility index (Phi) is 4.63. The van der Waals surface area contributed by atoms with Crippen molar-refractivity contribution in [3.63, 3.8) is 0 Å². The molecule has 0 saturated carbocycles. The molecule has 0 radical (unpaired) electrons. The van der Waals surface area contributed by atoms with Crippen LogP contribution < -0.4 is 10.1 Å². The van der Waals surface area contributed by atoms with Gasteiger partial charge in [-0.25, -0.2) is 4.98 Å². The SMILES string of the molecule is COc1ccc(CNC(=O)c2csc(-c3ccccn3)n2)cc1. The zero-order chi connectivity index (χ0) is 16.1. The largest absolute Gasteiger partial charge is 0.497 e. The molecule has 6 heteroatoms. The number of hydrogen-bond acceptors (Lipinski definition) is 5. The lowest BCUT2D eigenvalue weighted by atomic mass is 10.2. The molecular weight excluding hydrogens is 310 g/mol. The molecule has 0 spiro atoms. The second kappa shape index (κ2) is 7.02. The van der Waals surface area contributed by atoms with Gasteiger partial charge in [-0.15, -0.1) is 11.3 Å². The standard InChI is InChI=1S/C17H15N3O2S/c1-22-13-7-5-12(6-8-13)10-19-16(21)15-11-23-17(20-15)14-4-2-3-9-18-14/h2-9,11H,10H2,1H3,(H,19,21). The van der Waals surface area contributed by atoms with Gasteiger partial charge in [0.05, 0.1) is 12.8 Å². The summed E-state index contributed by atoms with van der Waals surface area (Å²) in [6.45, 7) is 0.444. The topological polar surface area (TPSA) is 64.1 Å². The van der Waals surface area contributed by atoms with Crippen molar-refractivity contribution in [3.05, 3.63) is 65.3 Å². The molecule has 23 heavy (non-hydrogen) atoms. The molecule has 0 aliphatic rings. The van der Waals surface area contributed by atoms with E-state index in [0.29, 0.717) is 12.2 Å². The van der Waals surface area contributed by atoms with E-state index < -0.39 is 0 Å². The predicted molar refractivity (Wildman–Crippen MR) is 89.5 cm³/mol. The van der Waals surface area contributed by atoms with Crippen molar-refractivity contribution in [3.8, 4) is 16.5 Å². The number of nitrogens with zero attached hydrogens (tertiary/aromatic N) is 2. The van der Waals surface area contributed by atoms with E-state index in [1.807, 2.05) is 42.5 Å². The first kappa shape index (κ1) is 15.2. The van der Waals surface area contributed by atoms with E-state index in [2.05, 4.69) is 15.3 Å². The maximum absolute atomic E-state index is 12.2. The number of carbonyl (C=O) groups excluding carboxylic acids is 1. The highest BCUT2D eigenvalue weighted by Gasteiger charge is 2.12. The van der Waals surface area contributed by atoms with Gasteiger partial charge >= 0.3 is 0 Å². The van der Waals surface area contributed by atoms with Crippen LogP contribution in [0.2, 0.25) is 0 Å². The van der Waals surface area contributed by atoms with Crippen molar-refractivity contribution >= 4 is 17.2 Å². The Bertz CT molecular complexity index is 785. The fraction of sp³-hybridized carbons (Fsp3) is 0.118. The number of hydrogen-bond donors (Lipinski definition) is 1. The molecule has 0 fully saturated rings. The molecule has 0 aliphatic carbocycles. The van der Waals surface area contributed by atoms with Crippen molar-refractivity contribution in [2.24, 2.45) is 0 Å². The molecular formula is C17H15N3O2S. The van der Waals surface area contributed by atoms with Gasteiger partial charge < -0.3 is 10.1 Å². The Hall–Kier alpha value is -2.73. The van der Waals surface area contributed by atoms with Crippen LogP contribution in [0.4, 0.5) is 0 Å². The molecule has 0 atom stereocenters. The number of amides is 1. The van der Waals surface area contributed by atoms with E-state index in [1.165, 1.54) is 11.3 Å². The van der Waals surface area contributed by atoms with Gasteiger partial charge in [0.1, 0.15) is 16.5 Å². The third-order valence-electron chi connectivity index (χ3n) is 3.23. The molecule has 1 N–H and O–H groups in total. The zero-order valence-corrected chi connectivity index (χ0v) is 13.3. The summed E-state index contributed by atoms with van der Waals surface area (Å²) < 4.78 is 5.11. The van der Waals surface area contributed by atoms with E-state index in [9.17, 15) is 4.79 Å². The Labute approximate surface area is 138 Å². The highest BCUT2D eigenvalue weighted by molar-refractivity contribution is 7.13. The number of methoxy groups -OCH3 is 1. The number of benzene rings is 1. The fourth-order valence-electron chi connectivity index (χ4n) is 2.00. The summed E-state index contributed by atoms with van der Waals surface area (Å²) in [5, 5.41) is 5.34. The molecule has 2 heterocycles. The second-order valence-corrected chi connectivity index (χ2v) is 5.64. The van der Waals surface area contributed by atoms with Crippen LogP contribution in [0.5, 0.6) is 5.75 Å². The van der Waals surface area contributed by atoms with E-state index in [4.69, 9.17) is 4.74 Å². The fourth-order valence-corrected chi connectivity index (χ4v) is 2.78. The monoisotopic (exact) mass is 325 g/mol. The third kappa shape index (κ3) is 3.73. The zero-order valence-electron chi connectivity index (χ0n) is 12.5. The van der Waals surface area contributed by atoms with Crippen LogP contribution >= 0.6 is 11.3 Å². The summed E-state index contributed by atoms with van der Waals surface area (Å²) in [4.78, 5) is 20.8. The molecule has 3 rings (SSSR count). The number of ether oxygens (including phenoxy) is 1. The summed E-state index contributed by atoms with van der Waals surface area (Å²) in [6, 6.07) is 13.2. The second-order valence-electron chi connectivity index (χ2n) is 4.78. The van der Waals surface area contributed by atoms with Crippen LogP contribution in [0.15, 0.2) is 54.0 Å². The lowest BCUT2D eigenvalue weighted by molar-refractivity contribution is 0.0946. The van der Waals surface area contributed by atoms with Gasteiger partial charge in [0.2, 0.25) is 0 Å². The Morgan fingerprint density at radius 3 is 2.74 bits per heavy atom. The van der Waals surface area contributed by atoms with E-state index in [0.717, 1.165) is 22.0 Å². The summed E-state index contributed by atoms with van der Waals surface area (Å²) in [5.41, 5.74) is 2.18. The average molecular weight is 325 g/mol. The molecule has 1 aromatic carbocycles. The number of rotatable bonds is 5. The molecule has 1 amide bonds. The quantitative estimate of drug-likeness (QED) is 0.783. The molecule has 116 valence electrons. The molecule has 0 saturated heterocycles. The molecule has 0 aliphatic heterocycles. The summed E-state index contributed by atoms with van der Waals surface area (Å²) in [6.07, 6.45) is 1.71. The Morgan fingerprint density at radius 1 is 1.22 bits per heavy atom. The van der Waals surface area contributed by atoms with Crippen LogP contribution in [-0.4, -0.2) is 23.0 Å². The first-order valence-electron chi connectivity index (χ1n) is 7.04. The minimum absolute atomic E-state index is 0.195. The number of nitrogens with one attached hydrogen (secondary N) is 1. The summed E-state index contributed by atoms with van der Waals surface area (Å²) >= 11 is 1.41. The number of carbonyl (C=O) groups is 1. The van der Waals surface area contributed by atoms with Gasteiger partial charge in [-0.2, -0.15) is 0 Å². The molecule has 2 aromatic heterocycles. The smallest absolute Gasteiger partial charge is 0.271 e. The summed E-state index contributed by atoms with van der Waals surface area (Å²) in [5.74, 6) is 0.596. The maximum Gasteiger partial charge on any atom is 0.271 e. The van der Waals surface area contributed by atoms with Gasteiger partial charge in [0, 0.05) is 18.1 Å². The van der Waals surface area contributed by atoms with Gasteiger partial charge in [0.25, 0.3) is 5.91 Å². The highest BCUT2D eigenvalue weighted by atomic mass is 32.1. The lowest BCUT2D eigenvalue weighted by Gasteiger charge is -2.05. The third-order valence-corrected chi connectivity index (χ3v) is 4.10. The molecule has 0 unspecified atom stereocenters. The number of aromatic nitrogens is 2. The molecule has 0 bridgehead atoms. The maximum atomic E-state index is 12.2. The van der Waals surface area contributed by atoms with E-state index in [1.54, 1.807) is 18.7 Å². The predicted octanol–water partition coefficient (Wildman–Crippen LogP) is 3.14. The van der Waals surface area contributed by atoms with Crippen molar-refractivity contribution in [2.45, 2.75) is 6.54 Å². The van der Waals surface area contributed by atoms with Crippen LogP contribution in [0.25, 0.3) is 10.7 Å². The van der Waals surface area contributed by atoms with Crippen LogP contribution in [0.1, 0.15) is 16.1 Å². The van der Waals surface area contributed by atoms with Gasteiger partial charge in [0.15, 0.2) is 0 Å². The Balaban J connectivity index is 1.63. The van der Waals surface area contributed by atoms with E-state index >= 15 is 0 Å². The van der Waals surface area contributed by atoms with Crippen LogP contribution in [-0.2, 0) is 6.54 Å². The van der Waals surface area contributed by atoms with E-state index in [-0.39, 0.29) is 5.91 Å². The molecule has 5 nitrogen and oxygen atoms in total. The van der Waals surface area contributed by atoms with Crippen molar-refractivity contribution in [1.29, 1.82) is 0 Å². The van der Waals surface area contributed by atoms with Crippen molar-refractivity contribution in [2.75, 3.05) is 7.11 Å². The van der Waals surface area contributed by atoms with Gasteiger partial charge in [-0.3, -0.25) is 9.78 Å². The number of pyridine rings is 1. The number of thiazole rings is 1. The lowest BCUT2D eigenvalue weighted by Crippen LogP contribution is -2.23. The van der Waals surface area contributed by atoms with Gasteiger partial charge in [-0.05, 0) is 29.8 Å². The summed E-state index contributed by atoms with van der Waals surface area (Å²) in [7, 11) is 1.62. The Morgan fingerprint density at radius 2 is 2.04 bits per heavy atom. The first-order chi connectivity index (χ1) is 11.3. The van der Waals surface area contributed by atoms with Gasteiger partial charge in [-0.1, -0.05) is 18.2 Å². The minimum atomic E-state index is -0.195. The van der Waals surface area contributed by atoms with Crippen LogP contribution in [0.3, 0.4) is 0 Å². The van der Waals surface area contributed by atoms with Crippen molar-refractivity contribution in [1.82, 2.24) is 15.3 Å². The highest BCUT2D eigenvalue weighted by Crippen LogP contribution is 2.21. The average Bonchev–Trinajstić information content (AvgIpc) is 3.11. The minimum Gasteiger partial charge on any atom is -0.497 e. The van der Waals surface area contributed by atoms with Crippen LogP contribution in [0, 0.1) is 0 Å². The first-order valence-corrected chi connectivity index (χ1v) is 7.92. The van der Waals surface area contributed by atoms with Crippen molar-refractivity contribution < 1.29 is 9.53 Å².